The molecule has 1 heterocycles. The summed E-state index contributed by atoms with van der Waals surface area (Å²) in [4.78, 5) is 15.9. The van der Waals surface area contributed by atoms with Gasteiger partial charge in [-0.05, 0) is 44.2 Å². The third-order valence-corrected chi connectivity index (χ3v) is 3.59. The van der Waals surface area contributed by atoms with Crippen LogP contribution in [0.5, 0.6) is 5.75 Å². The van der Waals surface area contributed by atoms with E-state index in [-0.39, 0.29) is 17.9 Å². The van der Waals surface area contributed by atoms with Gasteiger partial charge in [-0.25, -0.2) is 0 Å². The average Bonchev–Trinajstić information content (AvgIpc) is 2.48. The molecule has 1 amide bonds. The van der Waals surface area contributed by atoms with Gasteiger partial charge < -0.3 is 15.2 Å². The van der Waals surface area contributed by atoms with Gasteiger partial charge in [0.2, 0.25) is 5.91 Å². The molecule has 1 aliphatic carbocycles. The number of hydrogen-bond acceptors (Lipinski definition) is 4. The van der Waals surface area contributed by atoms with Gasteiger partial charge in [0.25, 0.3) is 0 Å². The van der Waals surface area contributed by atoms with Crippen molar-refractivity contribution in [3.05, 3.63) is 24.5 Å². The number of pyridine rings is 1. The largest absolute Gasteiger partial charge is 0.492 e. The molecule has 0 aromatic carbocycles. The summed E-state index contributed by atoms with van der Waals surface area (Å²) in [5.74, 6) is 0.927. The summed E-state index contributed by atoms with van der Waals surface area (Å²) >= 11 is 0. The van der Waals surface area contributed by atoms with E-state index in [2.05, 4.69) is 10.3 Å². The van der Waals surface area contributed by atoms with Crippen molar-refractivity contribution in [1.29, 1.82) is 0 Å². The van der Waals surface area contributed by atoms with Gasteiger partial charge in [0.15, 0.2) is 0 Å². The van der Waals surface area contributed by atoms with Gasteiger partial charge in [-0.15, -0.1) is 0 Å². The number of nitrogens with zero attached hydrogens (tertiary/aromatic N) is 1. The van der Waals surface area contributed by atoms with Crippen molar-refractivity contribution in [2.75, 3.05) is 13.2 Å². The van der Waals surface area contributed by atoms with Crippen LogP contribution in [0.15, 0.2) is 24.5 Å². The Morgan fingerprint density at radius 1 is 1.40 bits per heavy atom. The van der Waals surface area contributed by atoms with E-state index >= 15 is 0 Å². The van der Waals surface area contributed by atoms with Crippen LogP contribution in [0.25, 0.3) is 0 Å². The Hall–Kier alpha value is -1.62. The number of carbonyl (C=O) groups excluding carboxylic acids is 1. The fourth-order valence-corrected chi connectivity index (χ4v) is 2.39. The number of amides is 1. The summed E-state index contributed by atoms with van der Waals surface area (Å²) in [6, 6.07) is 3.69. The van der Waals surface area contributed by atoms with Crippen molar-refractivity contribution >= 4 is 5.91 Å². The summed E-state index contributed by atoms with van der Waals surface area (Å²) in [5.41, 5.74) is 0. The lowest BCUT2D eigenvalue weighted by Crippen LogP contribution is -2.35. The second kappa shape index (κ2) is 7.85. The molecular formula is C15H22N2O3. The maximum atomic E-state index is 11.9. The Morgan fingerprint density at radius 2 is 2.20 bits per heavy atom. The first kappa shape index (κ1) is 14.8. The maximum absolute atomic E-state index is 11.9. The number of aromatic nitrogens is 1. The van der Waals surface area contributed by atoms with E-state index in [9.17, 15) is 9.90 Å². The fourth-order valence-electron chi connectivity index (χ4n) is 2.39. The quantitative estimate of drug-likeness (QED) is 0.774. The zero-order valence-corrected chi connectivity index (χ0v) is 11.6. The van der Waals surface area contributed by atoms with E-state index in [0.717, 1.165) is 37.9 Å². The molecule has 0 radical (unpaired) electrons. The number of ether oxygens (including phenoxy) is 1. The monoisotopic (exact) mass is 278 g/mol. The van der Waals surface area contributed by atoms with Crippen LogP contribution in [0.1, 0.15) is 32.1 Å². The molecule has 5 heteroatoms. The molecule has 0 spiro atoms. The lowest BCUT2D eigenvalue weighted by atomic mass is 9.87. The van der Waals surface area contributed by atoms with Gasteiger partial charge in [0, 0.05) is 18.7 Å². The molecule has 110 valence electrons. The lowest BCUT2D eigenvalue weighted by molar-refractivity contribution is -0.126. The maximum Gasteiger partial charge on any atom is 0.223 e. The number of nitrogens with one attached hydrogen (secondary N) is 1. The van der Waals surface area contributed by atoms with Crippen molar-refractivity contribution < 1.29 is 14.6 Å². The molecule has 2 rings (SSSR count). The highest BCUT2D eigenvalue weighted by atomic mass is 16.5. The van der Waals surface area contributed by atoms with Crippen LogP contribution < -0.4 is 10.1 Å². The third-order valence-electron chi connectivity index (χ3n) is 3.59. The highest BCUT2D eigenvalue weighted by Gasteiger charge is 2.24. The second-order valence-corrected chi connectivity index (χ2v) is 5.19. The Kier molecular flexibility index (Phi) is 5.80. The van der Waals surface area contributed by atoms with E-state index in [1.165, 1.54) is 0 Å². The molecule has 1 fully saturated rings. The molecule has 0 aliphatic heterocycles. The molecular weight excluding hydrogens is 256 g/mol. The van der Waals surface area contributed by atoms with Crippen molar-refractivity contribution in [3.63, 3.8) is 0 Å². The summed E-state index contributed by atoms with van der Waals surface area (Å²) in [6.45, 7) is 1.19. The van der Waals surface area contributed by atoms with Crippen LogP contribution in [0, 0.1) is 5.92 Å². The molecule has 0 bridgehead atoms. The molecule has 20 heavy (non-hydrogen) atoms. The van der Waals surface area contributed by atoms with Gasteiger partial charge in [-0.2, -0.15) is 0 Å². The van der Waals surface area contributed by atoms with Crippen molar-refractivity contribution in [2.45, 2.75) is 38.2 Å². The predicted octanol–water partition coefficient (Wildman–Crippen LogP) is 1.52. The SMILES string of the molecule is O=C(NCCCOc1cccnc1)C1CCC(O)CC1. The van der Waals surface area contributed by atoms with Crippen molar-refractivity contribution in [1.82, 2.24) is 10.3 Å². The summed E-state index contributed by atoms with van der Waals surface area (Å²) in [7, 11) is 0. The molecule has 1 saturated carbocycles. The average molecular weight is 278 g/mol. The minimum absolute atomic E-state index is 0.0673. The number of carbonyl (C=O) groups is 1. The predicted molar refractivity (Wildman–Crippen MR) is 75.3 cm³/mol. The zero-order valence-electron chi connectivity index (χ0n) is 11.6. The second-order valence-electron chi connectivity index (χ2n) is 5.19. The molecule has 1 aliphatic rings. The minimum Gasteiger partial charge on any atom is -0.492 e. The topological polar surface area (TPSA) is 71.5 Å². The highest BCUT2D eigenvalue weighted by molar-refractivity contribution is 5.78. The molecule has 1 aromatic heterocycles. The van der Waals surface area contributed by atoms with E-state index in [1.54, 1.807) is 12.4 Å². The first-order chi connectivity index (χ1) is 9.75. The van der Waals surface area contributed by atoms with Crippen LogP contribution >= 0.6 is 0 Å². The number of hydrogen-bond donors (Lipinski definition) is 2. The minimum atomic E-state index is -0.216. The standard InChI is InChI=1S/C15H22N2O3/c18-13-6-4-12(5-7-13)15(19)17-9-2-10-20-14-3-1-8-16-11-14/h1,3,8,11-13,18H,2,4-7,9-10H2,(H,17,19). The first-order valence-electron chi connectivity index (χ1n) is 7.24. The number of aliphatic hydroxyl groups is 1. The molecule has 1 aromatic rings. The first-order valence-corrected chi connectivity index (χ1v) is 7.24. The van der Waals surface area contributed by atoms with Gasteiger partial charge in [-0.3, -0.25) is 9.78 Å². The Balaban J connectivity index is 1.55. The summed E-state index contributed by atoms with van der Waals surface area (Å²) in [5, 5.41) is 12.3. The van der Waals surface area contributed by atoms with Crippen LogP contribution in [0.2, 0.25) is 0 Å². The molecule has 0 unspecified atom stereocenters. The van der Waals surface area contributed by atoms with E-state index in [0.29, 0.717) is 13.2 Å². The normalized spacial score (nSPS) is 22.2. The molecule has 0 saturated heterocycles. The van der Waals surface area contributed by atoms with E-state index < -0.39 is 0 Å². The van der Waals surface area contributed by atoms with Crippen molar-refractivity contribution in [2.24, 2.45) is 5.92 Å². The summed E-state index contributed by atoms with van der Waals surface area (Å²) in [6.07, 6.45) is 6.99. The van der Waals surface area contributed by atoms with Crippen LogP contribution in [-0.4, -0.2) is 35.3 Å². The molecule has 2 N–H and O–H groups in total. The molecule has 5 nitrogen and oxygen atoms in total. The molecule has 0 atom stereocenters. The van der Waals surface area contributed by atoms with Gasteiger partial charge in [-0.1, -0.05) is 0 Å². The smallest absolute Gasteiger partial charge is 0.223 e. The van der Waals surface area contributed by atoms with Crippen LogP contribution in [-0.2, 0) is 4.79 Å². The van der Waals surface area contributed by atoms with Gasteiger partial charge >= 0.3 is 0 Å². The zero-order chi connectivity index (χ0) is 14.2. The Labute approximate surface area is 119 Å². The lowest BCUT2D eigenvalue weighted by Gasteiger charge is -2.24. The Morgan fingerprint density at radius 3 is 2.90 bits per heavy atom. The van der Waals surface area contributed by atoms with Gasteiger partial charge in [0.05, 0.1) is 18.9 Å². The van der Waals surface area contributed by atoms with E-state index in [1.807, 2.05) is 12.1 Å². The van der Waals surface area contributed by atoms with E-state index in [4.69, 9.17) is 4.74 Å². The Bertz CT molecular complexity index is 403. The number of aliphatic hydroxyl groups excluding tert-OH is 1. The fraction of sp³-hybridized carbons (Fsp3) is 0.600. The third kappa shape index (κ3) is 4.81. The number of rotatable bonds is 6. The van der Waals surface area contributed by atoms with Gasteiger partial charge in [0.1, 0.15) is 5.75 Å². The highest BCUT2D eigenvalue weighted by Crippen LogP contribution is 2.24. The summed E-state index contributed by atoms with van der Waals surface area (Å²) < 4.78 is 5.50. The van der Waals surface area contributed by atoms with Crippen LogP contribution in [0.4, 0.5) is 0 Å². The van der Waals surface area contributed by atoms with Crippen LogP contribution in [0.3, 0.4) is 0 Å². The van der Waals surface area contributed by atoms with Crippen molar-refractivity contribution in [3.8, 4) is 5.75 Å².